The van der Waals surface area contributed by atoms with Crippen molar-refractivity contribution in [2.45, 2.75) is 26.9 Å². The first kappa shape index (κ1) is 15.1. The van der Waals surface area contributed by atoms with Gasteiger partial charge >= 0.3 is 0 Å². The fraction of sp³-hybridized carbons (Fsp3) is 0.400. The van der Waals surface area contributed by atoms with Gasteiger partial charge in [0, 0.05) is 18.9 Å². The van der Waals surface area contributed by atoms with E-state index in [1.54, 1.807) is 6.20 Å². The molecule has 1 aromatic carbocycles. The van der Waals surface area contributed by atoms with Crippen LogP contribution in [0.15, 0.2) is 35.1 Å². The third-order valence-corrected chi connectivity index (χ3v) is 3.71. The van der Waals surface area contributed by atoms with Crippen molar-refractivity contribution in [1.29, 1.82) is 0 Å². The minimum atomic E-state index is 0.627. The Morgan fingerprint density at radius 1 is 1.40 bits per heavy atom. The van der Waals surface area contributed by atoms with Gasteiger partial charge in [0.2, 0.25) is 0 Å². The highest BCUT2D eigenvalue weighted by Gasteiger charge is 2.03. The first-order chi connectivity index (χ1) is 9.70. The summed E-state index contributed by atoms with van der Waals surface area (Å²) in [6.45, 7) is 7.37. The van der Waals surface area contributed by atoms with Gasteiger partial charge in [0.25, 0.3) is 0 Å². The van der Waals surface area contributed by atoms with Crippen molar-refractivity contribution >= 4 is 15.9 Å². The van der Waals surface area contributed by atoms with Gasteiger partial charge in [0.05, 0.1) is 11.0 Å². The molecule has 1 N–H and O–H groups in total. The Hall–Kier alpha value is -1.33. The van der Waals surface area contributed by atoms with Crippen molar-refractivity contribution in [2.24, 2.45) is 0 Å². The molecule has 0 fully saturated rings. The summed E-state index contributed by atoms with van der Waals surface area (Å²) in [5.74, 6) is 1.89. The van der Waals surface area contributed by atoms with Crippen LogP contribution in [0.2, 0.25) is 0 Å². The molecule has 0 radical (unpaired) electrons. The molecule has 0 amide bonds. The molecule has 0 spiro atoms. The molecule has 0 atom stereocenters. The van der Waals surface area contributed by atoms with Gasteiger partial charge in [-0.2, -0.15) is 0 Å². The van der Waals surface area contributed by atoms with Crippen molar-refractivity contribution in [3.8, 4) is 5.75 Å². The maximum Gasteiger partial charge on any atom is 0.133 e. The second kappa shape index (κ2) is 7.45. The molecule has 0 aliphatic carbocycles. The van der Waals surface area contributed by atoms with E-state index < -0.39 is 0 Å². The van der Waals surface area contributed by atoms with E-state index in [9.17, 15) is 0 Å². The summed E-state index contributed by atoms with van der Waals surface area (Å²) in [5.41, 5.74) is 1.25. The third-order valence-electron chi connectivity index (χ3n) is 3.09. The van der Waals surface area contributed by atoms with E-state index in [1.165, 1.54) is 5.56 Å². The predicted octanol–water partition coefficient (Wildman–Crippen LogP) is 3.14. The van der Waals surface area contributed by atoms with Crippen molar-refractivity contribution in [3.63, 3.8) is 0 Å². The Bertz CT molecular complexity index is 554. The minimum absolute atomic E-state index is 0.627. The molecule has 0 saturated carbocycles. The highest BCUT2D eigenvalue weighted by molar-refractivity contribution is 9.10. The van der Waals surface area contributed by atoms with Crippen LogP contribution >= 0.6 is 15.9 Å². The number of benzene rings is 1. The van der Waals surface area contributed by atoms with Crippen LogP contribution in [0.5, 0.6) is 5.75 Å². The number of halogens is 1. The van der Waals surface area contributed by atoms with E-state index in [0.717, 1.165) is 35.7 Å². The Kier molecular flexibility index (Phi) is 5.61. The molecule has 0 saturated heterocycles. The van der Waals surface area contributed by atoms with Gasteiger partial charge in [0.15, 0.2) is 0 Å². The van der Waals surface area contributed by atoms with Crippen LogP contribution in [0.4, 0.5) is 0 Å². The first-order valence-corrected chi connectivity index (χ1v) is 7.59. The van der Waals surface area contributed by atoms with E-state index in [2.05, 4.69) is 49.9 Å². The zero-order valence-electron chi connectivity index (χ0n) is 11.9. The summed E-state index contributed by atoms with van der Waals surface area (Å²) in [7, 11) is 0. The Balaban J connectivity index is 1.88. The maximum atomic E-state index is 5.81. The number of ether oxygens (including phenoxy) is 1. The number of imidazole rings is 1. The zero-order valence-corrected chi connectivity index (χ0v) is 13.5. The number of hydrogen-bond donors (Lipinski definition) is 1. The Morgan fingerprint density at radius 2 is 2.25 bits per heavy atom. The molecule has 4 nitrogen and oxygen atoms in total. The summed E-state index contributed by atoms with van der Waals surface area (Å²) >= 11 is 3.56. The lowest BCUT2D eigenvalue weighted by Crippen LogP contribution is -2.12. The number of nitrogens with one attached hydrogen (secondary N) is 1. The molecule has 1 heterocycles. The van der Waals surface area contributed by atoms with E-state index in [4.69, 9.17) is 4.74 Å². The molecule has 108 valence electrons. The second-order valence-electron chi connectivity index (χ2n) is 4.56. The van der Waals surface area contributed by atoms with Gasteiger partial charge in [-0.05, 0) is 47.1 Å². The normalized spacial score (nSPS) is 10.8. The molecular formula is C15H20BrN3O. The van der Waals surface area contributed by atoms with Gasteiger partial charge in [-0.15, -0.1) is 0 Å². The average molecular weight is 338 g/mol. The molecular weight excluding hydrogens is 318 g/mol. The molecule has 0 aliphatic rings. The third kappa shape index (κ3) is 4.08. The van der Waals surface area contributed by atoms with Crippen molar-refractivity contribution in [2.75, 3.05) is 13.2 Å². The van der Waals surface area contributed by atoms with Crippen molar-refractivity contribution in [3.05, 3.63) is 46.5 Å². The summed E-state index contributed by atoms with van der Waals surface area (Å²) in [6, 6.07) is 6.20. The lowest BCUT2D eigenvalue weighted by Gasteiger charge is -2.11. The van der Waals surface area contributed by atoms with Gasteiger partial charge in [-0.25, -0.2) is 4.98 Å². The monoisotopic (exact) mass is 337 g/mol. The fourth-order valence-electron chi connectivity index (χ4n) is 1.93. The lowest BCUT2D eigenvalue weighted by atomic mass is 10.2. The molecule has 5 heteroatoms. The maximum absolute atomic E-state index is 5.81. The zero-order chi connectivity index (χ0) is 14.4. The number of aromatic nitrogens is 2. The van der Waals surface area contributed by atoms with Gasteiger partial charge < -0.3 is 14.6 Å². The van der Waals surface area contributed by atoms with Crippen LogP contribution < -0.4 is 10.1 Å². The lowest BCUT2D eigenvalue weighted by molar-refractivity contribution is 0.295. The largest absolute Gasteiger partial charge is 0.491 e. The summed E-state index contributed by atoms with van der Waals surface area (Å²) in [4.78, 5) is 4.19. The van der Waals surface area contributed by atoms with E-state index >= 15 is 0 Å². The average Bonchev–Trinajstić information content (AvgIpc) is 2.84. The van der Waals surface area contributed by atoms with E-state index in [1.807, 2.05) is 19.2 Å². The quantitative estimate of drug-likeness (QED) is 0.843. The number of hydrogen-bond acceptors (Lipinski definition) is 3. The molecule has 2 aromatic rings. The van der Waals surface area contributed by atoms with Gasteiger partial charge in [-0.1, -0.05) is 13.0 Å². The van der Waals surface area contributed by atoms with E-state index in [0.29, 0.717) is 6.61 Å². The summed E-state index contributed by atoms with van der Waals surface area (Å²) in [5, 5.41) is 3.31. The van der Waals surface area contributed by atoms with Crippen LogP contribution in [0.1, 0.15) is 18.3 Å². The topological polar surface area (TPSA) is 39.1 Å². The smallest absolute Gasteiger partial charge is 0.133 e. The van der Waals surface area contributed by atoms with Gasteiger partial charge in [-0.3, -0.25) is 0 Å². The van der Waals surface area contributed by atoms with Crippen LogP contribution in [-0.2, 0) is 13.1 Å². The van der Waals surface area contributed by atoms with Crippen molar-refractivity contribution < 1.29 is 4.74 Å². The Labute approximate surface area is 128 Å². The second-order valence-corrected chi connectivity index (χ2v) is 5.42. The van der Waals surface area contributed by atoms with Crippen LogP contribution in [0.25, 0.3) is 0 Å². The van der Waals surface area contributed by atoms with Gasteiger partial charge in [0.1, 0.15) is 18.2 Å². The molecule has 0 unspecified atom stereocenters. The molecule has 0 bridgehead atoms. The van der Waals surface area contributed by atoms with Crippen molar-refractivity contribution in [1.82, 2.24) is 14.9 Å². The molecule has 2 rings (SSSR count). The highest BCUT2D eigenvalue weighted by Crippen LogP contribution is 2.26. The predicted molar refractivity (Wildman–Crippen MR) is 84.0 cm³/mol. The first-order valence-electron chi connectivity index (χ1n) is 6.80. The molecule has 0 aliphatic heterocycles. The fourth-order valence-corrected chi connectivity index (χ4v) is 2.48. The number of nitrogens with zero attached hydrogens (tertiary/aromatic N) is 2. The minimum Gasteiger partial charge on any atom is -0.491 e. The Morgan fingerprint density at radius 3 is 2.90 bits per heavy atom. The standard InChI is InChI=1S/C15H20BrN3O/c1-3-17-11-13-4-5-15(14(16)10-13)20-9-8-19-7-6-18-12(19)2/h4-7,10,17H,3,8-9,11H2,1-2H3. The molecule has 20 heavy (non-hydrogen) atoms. The van der Waals surface area contributed by atoms with E-state index in [-0.39, 0.29) is 0 Å². The van der Waals surface area contributed by atoms with Crippen LogP contribution in [0.3, 0.4) is 0 Å². The van der Waals surface area contributed by atoms with Crippen LogP contribution in [0, 0.1) is 6.92 Å². The van der Waals surface area contributed by atoms with Crippen LogP contribution in [-0.4, -0.2) is 22.7 Å². The number of aryl methyl sites for hydroxylation is 1. The SMILES string of the molecule is CCNCc1ccc(OCCn2ccnc2C)c(Br)c1. The summed E-state index contributed by atoms with van der Waals surface area (Å²) in [6.07, 6.45) is 3.77. The number of rotatable bonds is 7. The molecule has 1 aromatic heterocycles. The summed E-state index contributed by atoms with van der Waals surface area (Å²) < 4.78 is 8.88. The highest BCUT2D eigenvalue weighted by atomic mass is 79.9.